The maximum absolute atomic E-state index is 11.5. The zero-order valence-corrected chi connectivity index (χ0v) is 10.6. The van der Waals surface area contributed by atoms with Crippen LogP contribution in [-0.4, -0.2) is 12.5 Å². The molecule has 0 saturated heterocycles. The van der Waals surface area contributed by atoms with Gasteiger partial charge in [0.1, 0.15) is 5.75 Å². The van der Waals surface area contributed by atoms with Gasteiger partial charge in [0, 0.05) is 5.69 Å². The molecule has 1 rings (SSSR count). The first-order chi connectivity index (χ1) is 8.11. The van der Waals surface area contributed by atoms with Gasteiger partial charge in [0.2, 0.25) is 5.91 Å². The van der Waals surface area contributed by atoms with Crippen LogP contribution in [0.3, 0.4) is 0 Å². The average Bonchev–Trinajstić information content (AvgIpc) is 2.29. The summed E-state index contributed by atoms with van der Waals surface area (Å²) >= 11 is 0. The molecule has 0 aromatic heterocycles. The van der Waals surface area contributed by atoms with Gasteiger partial charge in [-0.2, -0.15) is 0 Å². The standard InChI is InChI=1S/C14H19NO2/c1-4-17-13-8-6-12(7-9-13)15-14(16)10-5-11(2)3/h5-11H,4H2,1-3H3,(H,15,16)/b10-5+. The number of carbonyl (C=O) groups excluding carboxylic acids is 1. The molecule has 1 aromatic rings. The highest BCUT2D eigenvalue weighted by Crippen LogP contribution is 2.15. The molecular weight excluding hydrogens is 214 g/mol. The number of amides is 1. The first-order valence-electron chi connectivity index (χ1n) is 5.84. The van der Waals surface area contributed by atoms with Crippen LogP contribution >= 0.6 is 0 Å². The third-order valence-electron chi connectivity index (χ3n) is 2.07. The zero-order chi connectivity index (χ0) is 12.7. The van der Waals surface area contributed by atoms with Crippen molar-refractivity contribution in [3.05, 3.63) is 36.4 Å². The number of hydrogen-bond donors (Lipinski definition) is 1. The Hall–Kier alpha value is -1.77. The molecule has 0 saturated carbocycles. The Bertz CT molecular complexity index is 380. The van der Waals surface area contributed by atoms with Crippen molar-refractivity contribution in [3.8, 4) is 5.75 Å². The van der Waals surface area contributed by atoms with E-state index in [1.807, 2.05) is 51.1 Å². The highest BCUT2D eigenvalue weighted by Gasteiger charge is 1.98. The molecule has 1 aromatic carbocycles. The van der Waals surface area contributed by atoms with Crippen molar-refractivity contribution >= 4 is 11.6 Å². The molecule has 0 aliphatic carbocycles. The van der Waals surface area contributed by atoms with E-state index in [2.05, 4.69) is 5.32 Å². The van der Waals surface area contributed by atoms with Gasteiger partial charge in [0.15, 0.2) is 0 Å². The molecule has 17 heavy (non-hydrogen) atoms. The van der Waals surface area contributed by atoms with Gasteiger partial charge in [0.05, 0.1) is 6.61 Å². The van der Waals surface area contributed by atoms with E-state index in [4.69, 9.17) is 4.74 Å². The van der Waals surface area contributed by atoms with Gasteiger partial charge in [-0.1, -0.05) is 19.9 Å². The Kier molecular flexibility index (Phi) is 5.27. The van der Waals surface area contributed by atoms with Crippen LogP contribution in [0.15, 0.2) is 36.4 Å². The van der Waals surface area contributed by atoms with E-state index in [-0.39, 0.29) is 5.91 Å². The highest BCUT2D eigenvalue weighted by molar-refractivity contribution is 5.99. The van der Waals surface area contributed by atoms with Gasteiger partial charge in [-0.3, -0.25) is 4.79 Å². The van der Waals surface area contributed by atoms with Crippen LogP contribution in [0.5, 0.6) is 5.75 Å². The summed E-state index contributed by atoms with van der Waals surface area (Å²) < 4.78 is 5.32. The van der Waals surface area contributed by atoms with Gasteiger partial charge < -0.3 is 10.1 Å². The van der Waals surface area contributed by atoms with E-state index in [0.717, 1.165) is 11.4 Å². The summed E-state index contributed by atoms with van der Waals surface area (Å²) in [4.78, 5) is 11.5. The van der Waals surface area contributed by atoms with Gasteiger partial charge in [-0.15, -0.1) is 0 Å². The Morgan fingerprint density at radius 2 is 2.00 bits per heavy atom. The molecule has 0 fully saturated rings. The van der Waals surface area contributed by atoms with Crippen molar-refractivity contribution in [1.29, 1.82) is 0 Å². The Labute approximate surface area is 102 Å². The SMILES string of the molecule is CCOc1ccc(NC(=O)/C=C/C(C)C)cc1. The predicted molar refractivity (Wildman–Crippen MR) is 70.2 cm³/mol. The molecular formula is C14H19NO2. The summed E-state index contributed by atoms with van der Waals surface area (Å²) in [6, 6.07) is 7.33. The van der Waals surface area contributed by atoms with Gasteiger partial charge in [0.25, 0.3) is 0 Å². The summed E-state index contributed by atoms with van der Waals surface area (Å²) in [5.41, 5.74) is 0.770. The van der Waals surface area contributed by atoms with E-state index in [1.54, 1.807) is 6.08 Å². The Balaban J connectivity index is 2.54. The molecule has 0 unspecified atom stereocenters. The fraction of sp³-hybridized carbons (Fsp3) is 0.357. The first kappa shape index (κ1) is 13.3. The lowest BCUT2D eigenvalue weighted by atomic mass is 10.2. The summed E-state index contributed by atoms with van der Waals surface area (Å²) in [5, 5.41) is 2.79. The number of anilines is 1. The molecule has 3 nitrogen and oxygen atoms in total. The third kappa shape index (κ3) is 5.20. The maximum Gasteiger partial charge on any atom is 0.248 e. The molecule has 0 atom stereocenters. The van der Waals surface area contributed by atoms with Crippen molar-refractivity contribution in [2.75, 3.05) is 11.9 Å². The lowest BCUT2D eigenvalue weighted by molar-refractivity contribution is -0.111. The fourth-order valence-electron chi connectivity index (χ4n) is 1.26. The molecule has 92 valence electrons. The summed E-state index contributed by atoms with van der Waals surface area (Å²) in [6.07, 6.45) is 3.42. The van der Waals surface area contributed by atoms with Crippen molar-refractivity contribution in [1.82, 2.24) is 0 Å². The topological polar surface area (TPSA) is 38.3 Å². The highest BCUT2D eigenvalue weighted by atomic mass is 16.5. The minimum absolute atomic E-state index is 0.108. The fourth-order valence-corrected chi connectivity index (χ4v) is 1.26. The molecule has 0 bridgehead atoms. The summed E-state index contributed by atoms with van der Waals surface area (Å²) in [5.74, 6) is 1.08. The van der Waals surface area contributed by atoms with Crippen LogP contribution in [0.4, 0.5) is 5.69 Å². The molecule has 0 radical (unpaired) electrons. The van der Waals surface area contributed by atoms with Crippen LogP contribution in [0.1, 0.15) is 20.8 Å². The molecule has 0 aliphatic rings. The van der Waals surface area contributed by atoms with E-state index in [9.17, 15) is 4.79 Å². The quantitative estimate of drug-likeness (QED) is 0.793. The minimum Gasteiger partial charge on any atom is -0.494 e. The van der Waals surface area contributed by atoms with Crippen molar-refractivity contribution < 1.29 is 9.53 Å². The van der Waals surface area contributed by atoms with Gasteiger partial charge >= 0.3 is 0 Å². The number of carbonyl (C=O) groups is 1. The smallest absolute Gasteiger partial charge is 0.248 e. The second-order valence-corrected chi connectivity index (χ2v) is 4.05. The molecule has 1 N–H and O–H groups in total. The molecule has 0 spiro atoms. The van der Waals surface area contributed by atoms with Crippen LogP contribution in [0, 0.1) is 5.92 Å². The summed E-state index contributed by atoms with van der Waals surface area (Å²) in [7, 11) is 0. The second kappa shape index (κ2) is 6.74. The number of rotatable bonds is 5. The molecule has 0 heterocycles. The van der Waals surface area contributed by atoms with Crippen LogP contribution in [-0.2, 0) is 4.79 Å². The molecule has 0 aliphatic heterocycles. The number of ether oxygens (including phenoxy) is 1. The molecule has 3 heteroatoms. The van der Waals surface area contributed by atoms with E-state index >= 15 is 0 Å². The number of nitrogens with one attached hydrogen (secondary N) is 1. The average molecular weight is 233 g/mol. The van der Waals surface area contributed by atoms with Crippen molar-refractivity contribution in [2.45, 2.75) is 20.8 Å². The summed E-state index contributed by atoms with van der Waals surface area (Å²) in [6.45, 7) is 6.64. The monoisotopic (exact) mass is 233 g/mol. The van der Waals surface area contributed by atoms with Crippen molar-refractivity contribution in [2.24, 2.45) is 5.92 Å². The lowest BCUT2D eigenvalue weighted by Crippen LogP contribution is -2.08. The normalized spacial score (nSPS) is 10.8. The Morgan fingerprint density at radius 3 is 2.53 bits per heavy atom. The van der Waals surface area contributed by atoms with Crippen LogP contribution < -0.4 is 10.1 Å². The number of benzene rings is 1. The zero-order valence-electron chi connectivity index (χ0n) is 10.6. The van der Waals surface area contributed by atoms with Crippen molar-refractivity contribution in [3.63, 3.8) is 0 Å². The van der Waals surface area contributed by atoms with Crippen LogP contribution in [0.25, 0.3) is 0 Å². The maximum atomic E-state index is 11.5. The van der Waals surface area contributed by atoms with Gasteiger partial charge in [-0.25, -0.2) is 0 Å². The second-order valence-electron chi connectivity index (χ2n) is 4.05. The van der Waals surface area contributed by atoms with E-state index < -0.39 is 0 Å². The third-order valence-corrected chi connectivity index (χ3v) is 2.07. The predicted octanol–water partition coefficient (Wildman–Crippen LogP) is 3.24. The van der Waals surface area contributed by atoms with Crippen LogP contribution in [0.2, 0.25) is 0 Å². The largest absolute Gasteiger partial charge is 0.494 e. The number of allylic oxidation sites excluding steroid dienone is 1. The number of hydrogen-bond acceptors (Lipinski definition) is 2. The Morgan fingerprint density at radius 1 is 1.35 bits per heavy atom. The first-order valence-corrected chi connectivity index (χ1v) is 5.84. The van der Waals surface area contributed by atoms with Gasteiger partial charge in [-0.05, 0) is 43.2 Å². The lowest BCUT2D eigenvalue weighted by Gasteiger charge is -2.05. The van der Waals surface area contributed by atoms with E-state index in [0.29, 0.717) is 12.5 Å². The minimum atomic E-state index is -0.108. The van der Waals surface area contributed by atoms with E-state index in [1.165, 1.54) is 0 Å². The molecule has 1 amide bonds.